The summed E-state index contributed by atoms with van der Waals surface area (Å²) in [6.45, 7) is 4.00. The van der Waals surface area contributed by atoms with Crippen molar-refractivity contribution in [3.05, 3.63) is 28.7 Å². The first-order valence-electron chi connectivity index (χ1n) is 8.65. The summed E-state index contributed by atoms with van der Waals surface area (Å²) in [6.07, 6.45) is 0.610. The molecule has 3 unspecified atom stereocenters. The van der Waals surface area contributed by atoms with Crippen molar-refractivity contribution in [2.24, 2.45) is 0 Å². The lowest BCUT2D eigenvalue weighted by atomic mass is 10.1. The monoisotopic (exact) mass is 407 g/mol. The zero-order valence-electron chi connectivity index (χ0n) is 14.4. The molecular formula is C17H22BrN5O2. The SMILES string of the molecule is CCN1C(=O)C2C(NC3N(c4ccc(Br)cc4)CCCN23)N(C)C1=O. The molecule has 0 aromatic heterocycles. The van der Waals surface area contributed by atoms with Crippen molar-refractivity contribution in [1.29, 1.82) is 0 Å². The van der Waals surface area contributed by atoms with E-state index in [-0.39, 0.29) is 30.4 Å². The quantitative estimate of drug-likeness (QED) is 0.803. The van der Waals surface area contributed by atoms with E-state index in [1.807, 2.05) is 19.1 Å². The number of rotatable bonds is 2. The Morgan fingerprint density at radius 3 is 2.60 bits per heavy atom. The number of fused-ring (bicyclic) bond motifs is 3. The number of urea groups is 1. The molecule has 1 aromatic rings. The minimum Gasteiger partial charge on any atom is -0.343 e. The van der Waals surface area contributed by atoms with Crippen molar-refractivity contribution in [3.63, 3.8) is 0 Å². The second kappa shape index (κ2) is 6.26. The normalized spacial score (nSPS) is 29.9. The van der Waals surface area contributed by atoms with Gasteiger partial charge in [0, 0.05) is 36.8 Å². The highest BCUT2D eigenvalue weighted by atomic mass is 79.9. The van der Waals surface area contributed by atoms with Crippen molar-refractivity contribution < 1.29 is 9.59 Å². The number of anilines is 1. The molecule has 4 rings (SSSR count). The van der Waals surface area contributed by atoms with Crippen LogP contribution >= 0.6 is 15.9 Å². The number of imide groups is 1. The smallest absolute Gasteiger partial charge is 0.327 e. The number of halogens is 1. The van der Waals surface area contributed by atoms with Crippen molar-refractivity contribution in [2.45, 2.75) is 31.8 Å². The second-order valence-corrected chi connectivity index (χ2v) is 7.58. The van der Waals surface area contributed by atoms with Crippen LogP contribution in [-0.4, -0.2) is 71.8 Å². The summed E-state index contributed by atoms with van der Waals surface area (Å²) in [6, 6.07) is 7.65. The topological polar surface area (TPSA) is 59.1 Å². The highest BCUT2D eigenvalue weighted by molar-refractivity contribution is 9.10. The van der Waals surface area contributed by atoms with E-state index >= 15 is 0 Å². The number of carbonyl (C=O) groups excluding carboxylic acids is 2. The molecule has 3 atom stereocenters. The maximum absolute atomic E-state index is 12.9. The van der Waals surface area contributed by atoms with Crippen LogP contribution in [0.3, 0.4) is 0 Å². The van der Waals surface area contributed by atoms with E-state index in [0.29, 0.717) is 6.54 Å². The van der Waals surface area contributed by atoms with E-state index in [1.165, 1.54) is 4.90 Å². The Balaban J connectivity index is 1.66. The van der Waals surface area contributed by atoms with Crippen LogP contribution in [0.5, 0.6) is 0 Å². The summed E-state index contributed by atoms with van der Waals surface area (Å²) in [5.41, 5.74) is 1.11. The van der Waals surface area contributed by atoms with Gasteiger partial charge in [-0.1, -0.05) is 15.9 Å². The van der Waals surface area contributed by atoms with Gasteiger partial charge in [-0.2, -0.15) is 0 Å². The average molecular weight is 408 g/mol. The third kappa shape index (κ3) is 2.54. The van der Waals surface area contributed by atoms with Crippen molar-refractivity contribution in [2.75, 3.05) is 31.6 Å². The molecule has 1 aromatic carbocycles. The number of benzene rings is 1. The van der Waals surface area contributed by atoms with Crippen LogP contribution in [0.2, 0.25) is 0 Å². The minimum atomic E-state index is -0.328. The van der Waals surface area contributed by atoms with E-state index in [2.05, 4.69) is 43.2 Å². The van der Waals surface area contributed by atoms with Crippen LogP contribution in [0.1, 0.15) is 13.3 Å². The molecule has 8 heteroatoms. The van der Waals surface area contributed by atoms with Gasteiger partial charge in [-0.3, -0.25) is 19.9 Å². The van der Waals surface area contributed by atoms with E-state index < -0.39 is 0 Å². The maximum Gasteiger partial charge on any atom is 0.327 e. The van der Waals surface area contributed by atoms with E-state index in [1.54, 1.807) is 11.9 Å². The van der Waals surface area contributed by atoms with Gasteiger partial charge in [0.05, 0.1) is 0 Å². The molecule has 0 aliphatic carbocycles. The van der Waals surface area contributed by atoms with Crippen LogP contribution in [0.15, 0.2) is 28.7 Å². The Bertz CT molecular complexity index is 697. The van der Waals surface area contributed by atoms with Gasteiger partial charge in [-0.15, -0.1) is 0 Å². The van der Waals surface area contributed by atoms with E-state index in [0.717, 1.165) is 29.7 Å². The van der Waals surface area contributed by atoms with Crippen molar-refractivity contribution >= 4 is 33.6 Å². The Morgan fingerprint density at radius 1 is 1.20 bits per heavy atom. The number of amides is 3. The fourth-order valence-electron chi connectivity index (χ4n) is 4.11. The Hall–Kier alpha value is -1.64. The predicted octanol–water partition coefficient (Wildman–Crippen LogP) is 1.46. The molecule has 0 bridgehead atoms. The van der Waals surface area contributed by atoms with Gasteiger partial charge in [0.2, 0.25) is 0 Å². The lowest BCUT2D eigenvalue weighted by molar-refractivity contribution is -0.138. The number of likely N-dealkylation sites (N-methyl/N-ethyl adjacent to an activating group) is 2. The molecule has 1 N–H and O–H groups in total. The molecule has 3 saturated heterocycles. The zero-order valence-corrected chi connectivity index (χ0v) is 15.9. The van der Waals surface area contributed by atoms with Gasteiger partial charge in [0.1, 0.15) is 18.5 Å². The molecule has 3 aliphatic rings. The number of hydrogen-bond donors (Lipinski definition) is 1. The van der Waals surface area contributed by atoms with Crippen molar-refractivity contribution in [3.8, 4) is 0 Å². The highest BCUT2D eigenvalue weighted by Crippen LogP contribution is 2.33. The minimum absolute atomic E-state index is 0.0825. The molecular weight excluding hydrogens is 386 g/mol. The summed E-state index contributed by atoms with van der Waals surface area (Å²) < 4.78 is 1.04. The molecule has 3 heterocycles. The highest BCUT2D eigenvalue weighted by Gasteiger charge is 2.55. The predicted molar refractivity (Wildman–Crippen MR) is 97.9 cm³/mol. The fraction of sp³-hybridized carbons (Fsp3) is 0.529. The van der Waals surface area contributed by atoms with Crippen LogP contribution < -0.4 is 10.2 Å². The lowest BCUT2D eigenvalue weighted by Gasteiger charge is -2.43. The molecule has 0 spiro atoms. The number of nitrogens with zero attached hydrogens (tertiary/aromatic N) is 4. The first-order chi connectivity index (χ1) is 12.0. The first-order valence-corrected chi connectivity index (χ1v) is 9.44. The van der Waals surface area contributed by atoms with Gasteiger partial charge in [0.25, 0.3) is 5.91 Å². The number of nitrogens with one attached hydrogen (secondary N) is 1. The summed E-state index contributed by atoms with van der Waals surface area (Å²) in [4.78, 5) is 32.9. The molecule has 134 valence electrons. The standard InChI is InChI=1S/C17H22BrN5O2/c1-3-21-15(24)13-14(20(2)17(21)25)19-16-22(9-4-10-23(13)16)12-7-5-11(18)6-8-12/h5-8,13-14,16,19H,3-4,9-10H2,1-2H3. The van der Waals surface area contributed by atoms with Gasteiger partial charge >= 0.3 is 6.03 Å². The molecule has 25 heavy (non-hydrogen) atoms. The largest absolute Gasteiger partial charge is 0.343 e. The average Bonchev–Trinajstić information content (AvgIpc) is 3.01. The summed E-state index contributed by atoms with van der Waals surface area (Å²) in [5, 5.41) is 3.51. The van der Waals surface area contributed by atoms with Gasteiger partial charge in [0.15, 0.2) is 0 Å². The fourth-order valence-corrected chi connectivity index (χ4v) is 4.37. The van der Waals surface area contributed by atoms with Gasteiger partial charge in [-0.05, 0) is 37.6 Å². The Morgan fingerprint density at radius 2 is 1.92 bits per heavy atom. The Kier molecular flexibility index (Phi) is 4.21. The van der Waals surface area contributed by atoms with E-state index in [9.17, 15) is 9.59 Å². The van der Waals surface area contributed by atoms with Gasteiger partial charge < -0.3 is 9.80 Å². The lowest BCUT2D eigenvalue weighted by Crippen LogP contribution is -2.66. The van der Waals surface area contributed by atoms with Gasteiger partial charge in [-0.25, -0.2) is 4.79 Å². The third-order valence-electron chi connectivity index (χ3n) is 5.34. The molecule has 0 radical (unpaired) electrons. The number of carbonyl (C=O) groups is 2. The summed E-state index contributed by atoms with van der Waals surface area (Å²) in [7, 11) is 1.77. The maximum atomic E-state index is 12.9. The van der Waals surface area contributed by atoms with Crippen LogP contribution in [-0.2, 0) is 4.79 Å². The molecule has 3 fully saturated rings. The zero-order chi connectivity index (χ0) is 17.7. The van der Waals surface area contributed by atoms with E-state index in [4.69, 9.17) is 0 Å². The molecule has 3 aliphatic heterocycles. The second-order valence-electron chi connectivity index (χ2n) is 6.67. The molecule has 3 amide bonds. The third-order valence-corrected chi connectivity index (χ3v) is 5.87. The summed E-state index contributed by atoms with van der Waals surface area (Å²) >= 11 is 3.47. The van der Waals surface area contributed by atoms with Crippen LogP contribution in [0.25, 0.3) is 0 Å². The van der Waals surface area contributed by atoms with Crippen molar-refractivity contribution in [1.82, 2.24) is 20.0 Å². The first kappa shape index (κ1) is 16.8. The molecule has 7 nitrogen and oxygen atoms in total. The van der Waals surface area contributed by atoms with Crippen LogP contribution in [0, 0.1) is 0 Å². The number of hydrogen-bond acceptors (Lipinski definition) is 5. The molecule has 0 saturated carbocycles. The Labute approximate surface area is 155 Å². The summed E-state index contributed by atoms with van der Waals surface area (Å²) in [5.74, 6) is -0.0942. The van der Waals surface area contributed by atoms with Crippen LogP contribution in [0.4, 0.5) is 10.5 Å².